The summed E-state index contributed by atoms with van der Waals surface area (Å²) in [5.41, 5.74) is -1.36. The molecule has 1 heterocycles. The molecule has 0 aliphatic heterocycles. The molecule has 2 aromatic carbocycles. The smallest absolute Gasteiger partial charge is 0.319 e. The van der Waals surface area contributed by atoms with E-state index in [2.05, 4.69) is 10.3 Å². The minimum Gasteiger partial charge on any atom is -0.319 e. The van der Waals surface area contributed by atoms with Gasteiger partial charge in [-0.3, -0.25) is 9.78 Å². The van der Waals surface area contributed by atoms with Crippen LogP contribution in [0.1, 0.15) is 15.9 Å². The number of rotatable bonds is 2. The average molecular weight is 454 g/mol. The van der Waals surface area contributed by atoms with Crippen molar-refractivity contribution in [2.75, 3.05) is 5.32 Å². The highest BCUT2D eigenvalue weighted by Crippen LogP contribution is 2.40. The normalized spacial score (nSPS) is 11.7. The molecule has 27 heavy (non-hydrogen) atoms. The van der Waals surface area contributed by atoms with E-state index in [1.54, 1.807) is 12.1 Å². The van der Waals surface area contributed by atoms with Crippen molar-refractivity contribution in [1.29, 1.82) is 0 Å². The fraction of sp³-hybridized carbons (Fsp3) is 0.0588. The number of carbonyl (C=O) groups is 1. The van der Waals surface area contributed by atoms with E-state index in [0.717, 1.165) is 6.07 Å². The van der Waals surface area contributed by atoms with Gasteiger partial charge in [0.15, 0.2) is 0 Å². The Balaban J connectivity index is 2.12. The van der Waals surface area contributed by atoms with Crippen LogP contribution in [0, 0.1) is 0 Å². The van der Waals surface area contributed by atoms with Crippen LogP contribution < -0.4 is 5.32 Å². The van der Waals surface area contributed by atoms with Gasteiger partial charge in [0.1, 0.15) is 0 Å². The van der Waals surface area contributed by atoms with Crippen LogP contribution in [-0.4, -0.2) is 10.9 Å². The predicted molar refractivity (Wildman–Crippen MR) is 101 cm³/mol. The standard InChI is InChI=1S/C17H7Cl4F3N2O/c18-9-4-3-8(17(22,23)24)13(21)12(9)16(27)26-15-11(20)6-10(19)7-2-1-5-25-14(7)15/h1-6H,(H,26,27). The number of hydrogen-bond acceptors (Lipinski definition) is 2. The summed E-state index contributed by atoms with van der Waals surface area (Å²) in [5, 5.41) is 2.23. The number of alkyl halides is 3. The molecule has 3 aromatic rings. The number of anilines is 1. The van der Waals surface area contributed by atoms with Crippen molar-refractivity contribution in [2.45, 2.75) is 6.18 Å². The number of hydrogen-bond donors (Lipinski definition) is 1. The lowest BCUT2D eigenvalue weighted by Crippen LogP contribution is -2.16. The molecule has 0 aliphatic rings. The lowest BCUT2D eigenvalue weighted by molar-refractivity contribution is -0.137. The Hall–Kier alpha value is -1.73. The first-order chi connectivity index (χ1) is 12.6. The van der Waals surface area contributed by atoms with Crippen molar-refractivity contribution in [1.82, 2.24) is 4.98 Å². The zero-order valence-electron chi connectivity index (χ0n) is 13.0. The van der Waals surface area contributed by atoms with Gasteiger partial charge < -0.3 is 5.32 Å². The molecule has 0 aliphatic carbocycles. The van der Waals surface area contributed by atoms with E-state index in [1.165, 1.54) is 12.3 Å². The molecule has 0 fully saturated rings. The van der Waals surface area contributed by atoms with E-state index in [9.17, 15) is 18.0 Å². The van der Waals surface area contributed by atoms with E-state index in [0.29, 0.717) is 16.5 Å². The molecule has 3 nitrogen and oxygen atoms in total. The Morgan fingerprint density at radius 3 is 2.37 bits per heavy atom. The summed E-state index contributed by atoms with van der Waals surface area (Å²) >= 11 is 24.0. The molecule has 0 atom stereocenters. The van der Waals surface area contributed by atoms with Gasteiger partial charge in [0.05, 0.1) is 42.4 Å². The van der Waals surface area contributed by atoms with Crippen LogP contribution in [0.5, 0.6) is 0 Å². The number of amides is 1. The molecule has 0 bridgehead atoms. The fourth-order valence-electron chi connectivity index (χ4n) is 2.45. The quantitative estimate of drug-likeness (QED) is 0.448. The Labute approximate surface area is 171 Å². The highest BCUT2D eigenvalue weighted by molar-refractivity contribution is 6.43. The van der Waals surface area contributed by atoms with Crippen molar-refractivity contribution in [3.05, 3.63) is 67.7 Å². The van der Waals surface area contributed by atoms with Crippen molar-refractivity contribution in [3.63, 3.8) is 0 Å². The fourth-order valence-corrected chi connectivity index (χ4v) is 3.66. The van der Waals surface area contributed by atoms with Crippen LogP contribution in [-0.2, 0) is 6.18 Å². The SMILES string of the molecule is O=C(Nc1c(Cl)cc(Cl)c2cccnc12)c1c(Cl)ccc(C(F)(F)F)c1Cl. The van der Waals surface area contributed by atoms with Crippen molar-refractivity contribution in [3.8, 4) is 0 Å². The summed E-state index contributed by atoms with van der Waals surface area (Å²) in [4.78, 5) is 16.8. The first-order valence-electron chi connectivity index (χ1n) is 7.20. The summed E-state index contributed by atoms with van der Waals surface area (Å²) in [5.74, 6) is -0.965. The lowest BCUT2D eigenvalue weighted by Gasteiger charge is -2.15. The average Bonchev–Trinajstić information content (AvgIpc) is 2.57. The number of aromatic nitrogens is 1. The maximum atomic E-state index is 13.1. The molecule has 140 valence electrons. The molecular weight excluding hydrogens is 447 g/mol. The Bertz CT molecular complexity index is 1070. The van der Waals surface area contributed by atoms with E-state index in [4.69, 9.17) is 46.4 Å². The first-order valence-corrected chi connectivity index (χ1v) is 8.71. The monoisotopic (exact) mass is 452 g/mol. The third kappa shape index (κ3) is 3.80. The topological polar surface area (TPSA) is 42.0 Å². The summed E-state index contributed by atoms with van der Waals surface area (Å²) in [7, 11) is 0. The zero-order chi connectivity index (χ0) is 19.9. The van der Waals surface area contributed by atoms with Gasteiger partial charge in [0.25, 0.3) is 5.91 Å². The number of nitrogens with zero attached hydrogens (tertiary/aromatic N) is 1. The van der Waals surface area contributed by atoms with Crippen molar-refractivity contribution >= 4 is 68.9 Å². The zero-order valence-corrected chi connectivity index (χ0v) is 16.0. The van der Waals surface area contributed by atoms with Gasteiger partial charge in [0, 0.05) is 11.6 Å². The number of pyridine rings is 1. The number of benzene rings is 2. The molecule has 0 unspecified atom stereocenters. The second-order valence-electron chi connectivity index (χ2n) is 5.35. The molecule has 0 saturated heterocycles. The maximum absolute atomic E-state index is 13.1. The van der Waals surface area contributed by atoms with Crippen LogP contribution in [0.3, 0.4) is 0 Å². The highest BCUT2D eigenvalue weighted by Gasteiger charge is 2.35. The lowest BCUT2D eigenvalue weighted by atomic mass is 10.1. The number of carbonyl (C=O) groups excluding carboxylic acids is 1. The highest BCUT2D eigenvalue weighted by atomic mass is 35.5. The summed E-state index contributed by atoms with van der Waals surface area (Å²) in [6, 6.07) is 6.33. The Morgan fingerprint density at radius 2 is 1.70 bits per heavy atom. The minimum atomic E-state index is -4.75. The number of halogens is 7. The molecule has 1 aromatic heterocycles. The molecule has 1 amide bonds. The molecule has 0 saturated carbocycles. The van der Waals surface area contributed by atoms with E-state index < -0.39 is 28.2 Å². The number of fused-ring (bicyclic) bond motifs is 1. The molecule has 0 spiro atoms. The third-order valence-corrected chi connectivity index (χ3v) is 4.97. The largest absolute Gasteiger partial charge is 0.417 e. The second kappa shape index (κ2) is 7.36. The molecule has 10 heteroatoms. The van der Waals surface area contributed by atoms with Crippen LogP contribution in [0.15, 0.2) is 36.5 Å². The Morgan fingerprint density at radius 1 is 1.00 bits per heavy atom. The summed E-state index contributed by atoms with van der Waals surface area (Å²) in [6.07, 6.45) is -3.29. The van der Waals surface area contributed by atoms with Gasteiger partial charge in [-0.25, -0.2) is 0 Å². The molecular formula is C17H7Cl4F3N2O. The predicted octanol–water partition coefficient (Wildman–Crippen LogP) is 7.12. The van der Waals surface area contributed by atoms with Gasteiger partial charge in [-0.2, -0.15) is 13.2 Å². The maximum Gasteiger partial charge on any atom is 0.417 e. The number of nitrogens with one attached hydrogen (secondary N) is 1. The van der Waals surface area contributed by atoms with E-state index in [-0.39, 0.29) is 21.2 Å². The van der Waals surface area contributed by atoms with Gasteiger partial charge in [-0.15, -0.1) is 0 Å². The van der Waals surface area contributed by atoms with Gasteiger partial charge in [0.2, 0.25) is 0 Å². The minimum absolute atomic E-state index is 0.0544. The Kier molecular flexibility index (Phi) is 5.45. The summed E-state index contributed by atoms with van der Waals surface area (Å²) < 4.78 is 39.2. The molecule has 0 radical (unpaired) electrons. The van der Waals surface area contributed by atoms with Gasteiger partial charge in [-0.1, -0.05) is 46.4 Å². The van der Waals surface area contributed by atoms with Crippen LogP contribution in [0.2, 0.25) is 20.1 Å². The van der Waals surface area contributed by atoms with Gasteiger partial charge in [-0.05, 0) is 30.3 Å². The van der Waals surface area contributed by atoms with E-state index in [1.807, 2.05) is 0 Å². The van der Waals surface area contributed by atoms with Gasteiger partial charge >= 0.3 is 6.18 Å². The summed E-state index contributed by atoms with van der Waals surface area (Å²) in [6.45, 7) is 0. The van der Waals surface area contributed by atoms with Crippen LogP contribution in [0.4, 0.5) is 18.9 Å². The van der Waals surface area contributed by atoms with Crippen LogP contribution >= 0.6 is 46.4 Å². The molecule has 3 rings (SSSR count). The first kappa shape index (κ1) is 20.0. The third-order valence-electron chi connectivity index (χ3n) is 3.66. The van der Waals surface area contributed by atoms with Crippen molar-refractivity contribution in [2.24, 2.45) is 0 Å². The molecule has 1 N–H and O–H groups in total. The van der Waals surface area contributed by atoms with E-state index >= 15 is 0 Å². The van der Waals surface area contributed by atoms with Crippen molar-refractivity contribution < 1.29 is 18.0 Å². The van der Waals surface area contributed by atoms with Crippen LogP contribution in [0.25, 0.3) is 10.9 Å². The second-order valence-corrected chi connectivity index (χ2v) is 6.95.